The summed E-state index contributed by atoms with van der Waals surface area (Å²) in [6.45, 7) is 5.40. The maximum Gasteiger partial charge on any atom is 0.401 e. The monoisotopic (exact) mass is 1410 g/mol. The Kier molecular flexibility index (Phi) is 22.5. The van der Waals surface area contributed by atoms with Crippen molar-refractivity contribution in [2.45, 2.75) is 114 Å². The zero-order valence-electron chi connectivity index (χ0n) is 57.3. The van der Waals surface area contributed by atoms with Gasteiger partial charge in [0.05, 0.1) is 78.8 Å². The molecule has 24 nitrogen and oxygen atoms in total. The number of ether oxygens (including phenoxy) is 1. The van der Waals surface area contributed by atoms with Gasteiger partial charge in [-0.3, -0.25) is 14.7 Å². The van der Waals surface area contributed by atoms with Gasteiger partial charge in [0, 0.05) is 82.3 Å². The predicted octanol–water partition coefficient (Wildman–Crippen LogP) is 10.9. The van der Waals surface area contributed by atoms with Gasteiger partial charge in [-0.15, -0.1) is 15.3 Å². The van der Waals surface area contributed by atoms with E-state index in [0.29, 0.717) is 121 Å². The molecular formula is C68H81F9N20O4. The number of carbonyl (C=O) groups excluding carboxylic acids is 1. The summed E-state index contributed by atoms with van der Waals surface area (Å²) in [4.78, 5) is 57.2. The second kappa shape index (κ2) is 30.5. The highest BCUT2D eigenvalue weighted by molar-refractivity contribution is 6.02. The minimum absolute atomic E-state index is 0.101. The Morgan fingerprint density at radius 1 is 0.515 bits per heavy atom. The lowest BCUT2D eigenvalue weighted by Crippen LogP contribution is -2.40. The summed E-state index contributed by atoms with van der Waals surface area (Å²) in [6, 6.07) is 27.8. The molecule has 0 bridgehead atoms. The summed E-state index contributed by atoms with van der Waals surface area (Å²) in [5.74, 6) is 0.222. The highest BCUT2D eigenvalue weighted by Gasteiger charge is 2.40. The third kappa shape index (κ3) is 18.6. The summed E-state index contributed by atoms with van der Waals surface area (Å²) in [5.41, 5.74) is 9.13. The van der Waals surface area contributed by atoms with Crippen LogP contribution in [0.15, 0.2) is 101 Å². The minimum Gasteiger partial charge on any atom is -0.465 e. The van der Waals surface area contributed by atoms with Crippen LogP contribution >= 0.6 is 0 Å². The van der Waals surface area contributed by atoms with Crippen molar-refractivity contribution in [1.82, 2.24) is 83.2 Å². The van der Waals surface area contributed by atoms with Crippen molar-refractivity contribution in [2.24, 2.45) is 9.98 Å². The van der Waals surface area contributed by atoms with Crippen LogP contribution in [-0.4, -0.2) is 225 Å². The normalized spacial score (nSPS) is 17.9. The Hall–Kier alpha value is -9.31. The van der Waals surface area contributed by atoms with E-state index in [-0.39, 0.29) is 66.4 Å². The molecule has 3 atom stereocenters. The first-order valence-corrected chi connectivity index (χ1v) is 32.8. The molecule has 3 aromatic carbocycles. The van der Waals surface area contributed by atoms with Crippen LogP contribution in [0.5, 0.6) is 0 Å². The number of aliphatic imine (C=N–C) groups is 2. The molecule has 33 heteroatoms. The van der Waals surface area contributed by atoms with Gasteiger partial charge in [-0.1, -0.05) is 91.0 Å². The number of aromatic nitrogens is 12. The number of likely N-dealkylation sites (tertiary alicyclic amines) is 3. The van der Waals surface area contributed by atoms with E-state index in [0.717, 1.165) is 11.1 Å². The molecule has 3 aliphatic rings. The standard InChI is InChI=1S/C24H30F3N7O.C23H26F3N7O2.C21H25F3N6O/c1-23(2,35)18-19(16-9-6-5-7-10-16)29-22(28-15-32(3)4)34-21(18)30-20(31-34)17-11-8-12-33(13-17)14-24(25,26)27;1-31(2)14-27-22-28-18(15-8-5-4-6-9-15)17(21(34)35-3)20-29-19(30-33(20)22)16-10-7-11-32(12-16)13-23(24,25)26;1-20(2,31)15-16(13-7-4-3-5-8-13)26-19(25)30-18(15)27-17(28-30)14-9-6-10-29(11-14)12-21(22,23)24/h5-7,9-10,15,17,35H,8,11-14H2,1-4H3;4-6,8-9,14,16H,7,10-13H2,1-3H3;3-5,7-8,14,31H,6,9-12H2,1-2H3,(H2,25,26)/t17-;16-;14-/m111/s1. The smallest absolute Gasteiger partial charge is 0.401 e. The van der Waals surface area contributed by atoms with Gasteiger partial charge in [-0.25, -0.2) is 44.7 Å². The molecule has 9 aromatic rings. The fraction of sp³-hybridized carbons (Fsp3) is 0.471. The van der Waals surface area contributed by atoms with E-state index in [9.17, 15) is 54.5 Å². The number of methoxy groups -OCH3 is 1. The highest BCUT2D eigenvalue weighted by Crippen LogP contribution is 2.40. The van der Waals surface area contributed by atoms with Gasteiger partial charge in [0.2, 0.25) is 5.95 Å². The molecule has 6 aromatic heterocycles. The largest absolute Gasteiger partial charge is 0.465 e. The van der Waals surface area contributed by atoms with Gasteiger partial charge in [0.1, 0.15) is 5.56 Å². The number of esters is 1. The molecule has 0 aliphatic carbocycles. The van der Waals surface area contributed by atoms with Crippen LogP contribution in [-0.2, 0) is 15.9 Å². The third-order valence-corrected chi connectivity index (χ3v) is 16.9. The Balaban J connectivity index is 0.000000164. The molecule has 0 saturated carbocycles. The second-order valence-electron chi connectivity index (χ2n) is 26.8. The fourth-order valence-electron chi connectivity index (χ4n) is 12.7. The average molecular weight is 1410 g/mol. The van der Waals surface area contributed by atoms with Crippen LogP contribution in [0, 0.1) is 0 Å². The number of halogens is 9. The molecule has 0 unspecified atom stereocenters. The molecule has 0 amide bonds. The lowest BCUT2D eigenvalue weighted by molar-refractivity contribution is -0.149. The lowest BCUT2D eigenvalue weighted by atomic mass is 9.94. The molecule has 0 radical (unpaired) electrons. The van der Waals surface area contributed by atoms with Crippen LogP contribution in [0.1, 0.15) is 123 Å². The molecule has 3 saturated heterocycles. The van der Waals surface area contributed by atoms with E-state index in [2.05, 4.69) is 45.2 Å². The first-order chi connectivity index (χ1) is 47.6. The number of aliphatic hydroxyl groups is 2. The van der Waals surface area contributed by atoms with Gasteiger partial charge in [0.15, 0.2) is 34.4 Å². The van der Waals surface area contributed by atoms with Crippen molar-refractivity contribution in [1.29, 1.82) is 0 Å². The van der Waals surface area contributed by atoms with E-state index >= 15 is 0 Å². The molecule has 0 spiro atoms. The highest BCUT2D eigenvalue weighted by atomic mass is 19.4. The SMILES string of the molecule is CC(C)(O)c1c(-c2ccccc2)nc(N)n2nc([C@@H]3CCCN(CC(F)(F)F)C3)nc12.CN(C)C=Nc1nc(-c2ccccc2)c(C(C)(C)O)c2nc([C@@H]3CCCN(CC(F)(F)F)C3)nn12.COC(=O)c1c(-c2ccccc2)nc(N=CN(C)C)n2nc([C@@H]3CCCN(CC(F)(F)F)C3)nc12. The first-order valence-electron chi connectivity index (χ1n) is 32.8. The quantitative estimate of drug-likeness (QED) is 0.0351. The topological polar surface area (TPSA) is 263 Å². The number of fused-ring (bicyclic) bond motifs is 3. The van der Waals surface area contributed by atoms with E-state index in [1.54, 1.807) is 76.4 Å². The lowest BCUT2D eigenvalue weighted by Gasteiger charge is -2.31. The van der Waals surface area contributed by atoms with E-state index < -0.39 is 55.3 Å². The van der Waals surface area contributed by atoms with Crippen LogP contribution in [0.25, 0.3) is 50.7 Å². The molecular weight excluding hydrogens is 1330 g/mol. The molecule has 4 N–H and O–H groups in total. The van der Waals surface area contributed by atoms with Crippen LogP contribution in [0.2, 0.25) is 0 Å². The number of hydrogen-bond acceptors (Lipinski definition) is 19. The summed E-state index contributed by atoms with van der Waals surface area (Å²) in [7, 11) is 8.51. The van der Waals surface area contributed by atoms with E-state index in [1.165, 1.54) is 35.4 Å². The molecule has 3 aliphatic heterocycles. The number of nitrogens with zero attached hydrogens (tertiary/aromatic N) is 19. The maximum absolute atomic E-state index is 13.0. The zero-order chi connectivity index (χ0) is 72.9. The summed E-state index contributed by atoms with van der Waals surface area (Å²) in [6.07, 6.45) is -5.84. The third-order valence-electron chi connectivity index (χ3n) is 16.9. The van der Waals surface area contributed by atoms with Gasteiger partial charge >= 0.3 is 24.5 Å². The van der Waals surface area contributed by atoms with Crippen molar-refractivity contribution in [3.05, 3.63) is 125 Å². The van der Waals surface area contributed by atoms with Crippen molar-refractivity contribution in [3.63, 3.8) is 0 Å². The van der Waals surface area contributed by atoms with E-state index in [4.69, 9.17) is 20.4 Å². The number of rotatable bonds is 16. The van der Waals surface area contributed by atoms with Crippen LogP contribution in [0.3, 0.4) is 0 Å². The van der Waals surface area contributed by atoms with Gasteiger partial charge in [-0.05, 0) is 85.9 Å². The van der Waals surface area contributed by atoms with E-state index in [1.807, 2.05) is 93.0 Å². The summed E-state index contributed by atoms with van der Waals surface area (Å²) < 4.78 is 126. The number of benzene rings is 3. The van der Waals surface area contributed by atoms with Crippen molar-refractivity contribution < 1.29 is 59.3 Å². The van der Waals surface area contributed by atoms with Crippen molar-refractivity contribution >= 4 is 53.4 Å². The predicted molar refractivity (Wildman–Crippen MR) is 362 cm³/mol. The van der Waals surface area contributed by atoms with Crippen molar-refractivity contribution in [2.75, 3.05) is 99.9 Å². The zero-order valence-corrected chi connectivity index (χ0v) is 57.3. The van der Waals surface area contributed by atoms with Crippen LogP contribution < -0.4 is 5.73 Å². The Morgan fingerprint density at radius 2 is 0.842 bits per heavy atom. The number of nitrogen functional groups attached to an aromatic ring is 1. The molecule has 540 valence electrons. The second-order valence-corrected chi connectivity index (χ2v) is 26.8. The summed E-state index contributed by atoms with van der Waals surface area (Å²) >= 11 is 0. The molecule has 3 fully saturated rings. The molecule has 12 rings (SSSR count). The number of piperidine rings is 3. The number of anilines is 1. The van der Waals surface area contributed by atoms with Crippen LogP contribution in [0.4, 0.5) is 57.4 Å². The Labute approximate surface area is 576 Å². The Morgan fingerprint density at radius 3 is 1.20 bits per heavy atom. The number of alkyl halides is 9. The van der Waals surface area contributed by atoms with Gasteiger partial charge < -0.3 is 30.5 Å². The number of hydrogen-bond donors (Lipinski definition) is 3. The van der Waals surface area contributed by atoms with Gasteiger partial charge in [-0.2, -0.15) is 53.1 Å². The average Bonchev–Trinajstić information content (AvgIpc) is 1.67. The van der Waals surface area contributed by atoms with Gasteiger partial charge in [0.25, 0.3) is 11.9 Å². The maximum atomic E-state index is 13.0. The van der Waals surface area contributed by atoms with Crippen molar-refractivity contribution in [3.8, 4) is 33.8 Å². The molecule has 101 heavy (non-hydrogen) atoms. The molecule has 9 heterocycles. The minimum atomic E-state index is -4.28. The number of nitrogens with two attached hydrogens (primary N) is 1. The Bertz CT molecular complexity index is 4380. The summed E-state index contributed by atoms with van der Waals surface area (Å²) in [5, 5.41) is 35.7. The first kappa shape index (κ1) is 74.4. The number of carbonyl (C=O) groups is 1. The fourth-order valence-corrected chi connectivity index (χ4v) is 12.7.